The van der Waals surface area contributed by atoms with E-state index in [1.807, 2.05) is 18.2 Å². The number of carbonyl (C=O) groups excluding carboxylic acids is 2. The summed E-state index contributed by atoms with van der Waals surface area (Å²) in [4.78, 5) is 31.8. The first-order valence-corrected chi connectivity index (χ1v) is 15.1. The van der Waals surface area contributed by atoms with Crippen LogP contribution in [0.4, 0.5) is 4.79 Å². The van der Waals surface area contributed by atoms with Gasteiger partial charge in [0.25, 0.3) is 0 Å². The molecule has 1 aliphatic rings. The Bertz CT molecular complexity index is 847. The molecule has 6 nitrogen and oxygen atoms in total. The fraction of sp³-hybridized carbons (Fsp3) is 0.750. The van der Waals surface area contributed by atoms with E-state index in [0.29, 0.717) is 12.8 Å². The molecule has 1 aromatic rings. The van der Waals surface area contributed by atoms with Gasteiger partial charge < -0.3 is 4.74 Å². The number of nitrogens with zero attached hydrogens (tertiary/aromatic N) is 1. The van der Waals surface area contributed by atoms with E-state index in [4.69, 9.17) is 9.57 Å². The van der Waals surface area contributed by atoms with Gasteiger partial charge in [0.2, 0.25) is 5.91 Å². The Labute approximate surface area is 232 Å². The van der Waals surface area contributed by atoms with Gasteiger partial charge in [0, 0.05) is 29.8 Å². The maximum atomic E-state index is 12.7. The molecule has 0 saturated carbocycles. The maximum absolute atomic E-state index is 12.7. The minimum atomic E-state index is -0.629. The molecular formula is C32H54N2O4. The lowest BCUT2D eigenvalue weighted by atomic mass is 9.69. The van der Waals surface area contributed by atoms with Crippen LogP contribution in [0.3, 0.4) is 0 Å². The predicted molar refractivity (Wildman–Crippen MR) is 155 cm³/mol. The lowest BCUT2D eigenvalue weighted by molar-refractivity contribution is -0.335. The van der Waals surface area contributed by atoms with Gasteiger partial charge in [-0.1, -0.05) is 103 Å². The van der Waals surface area contributed by atoms with E-state index in [9.17, 15) is 9.59 Å². The van der Waals surface area contributed by atoms with Crippen molar-refractivity contribution in [3.05, 3.63) is 35.9 Å². The number of amides is 2. The standard InChI is InChI=1S/C32H54N2O4/c1-8-11-12-13-14-15-16-20-23-29(35)33-30(36)37-28-24-31(6,9-2)34(32(7,10-3)25(28)4)38-26(5)27-21-18-17-19-22-27/h17-19,21-22,25-26,28H,8-16,20,23-24H2,1-7H3,(H,33,35,36). The first-order chi connectivity index (χ1) is 18.1. The molecule has 2 amide bonds. The van der Waals surface area contributed by atoms with Crippen molar-refractivity contribution in [3.8, 4) is 0 Å². The summed E-state index contributed by atoms with van der Waals surface area (Å²) in [6.07, 6.45) is 11.0. The average molecular weight is 531 g/mol. The molecule has 216 valence electrons. The second kappa shape index (κ2) is 15.6. The maximum Gasteiger partial charge on any atom is 0.414 e. The normalized spacial score (nSPS) is 26.6. The molecule has 1 heterocycles. The molecule has 0 aromatic heterocycles. The zero-order valence-corrected chi connectivity index (χ0v) is 25.2. The van der Waals surface area contributed by atoms with Crippen molar-refractivity contribution in [2.24, 2.45) is 5.92 Å². The quantitative estimate of drug-likeness (QED) is 0.230. The number of piperidine rings is 1. The number of carbonyl (C=O) groups is 2. The lowest BCUT2D eigenvalue weighted by Crippen LogP contribution is -2.68. The highest BCUT2D eigenvalue weighted by Crippen LogP contribution is 2.48. The summed E-state index contributed by atoms with van der Waals surface area (Å²) in [6.45, 7) is 15.1. The second-order valence-corrected chi connectivity index (χ2v) is 11.7. The summed E-state index contributed by atoms with van der Waals surface area (Å²) in [5.74, 6) is -0.230. The first-order valence-electron chi connectivity index (χ1n) is 15.1. The monoisotopic (exact) mass is 530 g/mol. The second-order valence-electron chi connectivity index (χ2n) is 11.7. The molecule has 0 spiro atoms. The van der Waals surface area contributed by atoms with E-state index in [-0.39, 0.29) is 35.1 Å². The predicted octanol–water partition coefficient (Wildman–Crippen LogP) is 8.51. The number of hydrogen-bond donors (Lipinski definition) is 1. The van der Waals surface area contributed by atoms with Crippen LogP contribution in [0.1, 0.15) is 137 Å². The highest BCUT2D eigenvalue weighted by atomic mass is 16.7. The van der Waals surface area contributed by atoms with Crippen molar-refractivity contribution in [2.75, 3.05) is 0 Å². The summed E-state index contributed by atoms with van der Waals surface area (Å²) in [6, 6.07) is 10.3. The third-order valence-corrected chi connectivity index (χ3v) is 8.90. The molecule has 1 aliphatic heterocycles. The molecular weight excluding hydrogens is 476 g/mol. The zero-order valence-electron chi connectivity index (χ0n) is 25.2. The van der Waals surface area contributed by atoms with Gasteiger partial charge in [-0.3, -0.25) is 14.9 Å². The zero-order chi connectivity index (χ0) is 28.2. The smallest absolute Gasteiger partial charge is 0.414 e. The molecule has 1 aromatic carbocycles. The van der Waals surface area contributed by atoms with Crippen LogP contribution in [0.5, 0.6) is 0 Å². The Hall–Kier alpha value is -1.92. The van der Waals surface area contributed by atoms with E-state index >= 15 is 0 Å². The van der Waals surface area contributed by atoms with Crippen molar-refractivity contribution in [2.45, 2.75) is 149 Å². The number of nitrogens with one attached hydrogen (secondary N) is 1. The summed E-state index contributed by atoms with van der Waals surface area (Å²) in [5.41, 5.74) is 0.453. The number of ether oxygens (including phenoxy) is 1. The first kappa shape index (κ1) is 32.3. The minimum Gasteiger partial charge on any atom is -0.446 e. The van der Waals surface area contributed by atoms with Gasteiger partial charge in [0.05, 0.1) is 0 Å². The van der Waals surface area contributed by atoms with E-state index in [1.165, 1.54) is 32.1 Å². The highest BCUT2D eigenvalue weighted by molar-refractivity contribution is 5.91. The van der Waals surface area contributed by atoms with Crippen LogP contribution in [0.15, 0.2) is 30.3 Å². The summed E-state index contributed by atoms with van der Waals surface area (Å²) < 4.78 is 5.94. The molecule has 2 rings (SSSR count). The number of unbranched alkanes of at least 4 members (excludes halogenated alkanes) is 7. The Morgan fingerprint density at radius 2 is 1.58 bits per heavy atom. The molecule has 1 saturated heterocycles. The van der Waals surface area contributed by atoms with Gasteiger partial charge in [-0.2, -0.15) is 5.06 Å². The Balaban J connectivity index is 1.95. The fourth-order valence-electron chi connectivity index (χ4n) is 5.75. The van der Waals surface area contributed by atoms with E-state index in [0.717, 1.165) is 37.7 Å². The van der Waals surface area contributed by atoms with Crippen LogP contribution in [0.2, 0.25) is 0 Å². The van der Waals surface area contributed by atoms with Crippen LogP contribution in [0.25, 0.3) is 0 Å². The van der Waals surface area contributed by atoms with Crippen molar-refractivity contribution >= 4 is 12.0 Å². The van der Waals surface area contributed by atoms with Crippen molar-refractivity contribution in [1.82, 2.24) is 10.4 Å². The highest BCUT2D eigenvalue weighted by Gasteiger charge is 2.55. The van der Waals surface area contributed by atoms with E-state index in [1.54, 1.807) is 0 Å². The van der Waals surface area contributed by atoms with Crippen LogP contribution in [-0.4, -0.2) is 34.2 Å². The van der Waals surface area contributed by atoms with Crippen molar-refractivity contribution < 1.29 is 19.2 Å². The average Bonchev–Trinajstić information content (AvgIpc) is 2.91. The van der Waals surface area contributed by atoms with Crippen molar-refractivity contribution in [3.63, 3.8) is 0 Å². The number of alkyl carbamates (subject to hydrolysis) is 1. The molecule has 5 unspecified atom stereocenters. The molecule has 0 bridgehead atoms. The third-order valence-electron chi connectivity index (χ3n) is 8.90. The van der Waals surface area contributed by atoms with Gasteiger partial charge in [0.1, 0.15) is 12.2 Å². The lowest BCUT2D eigenvalue weighted by Gasteiger charge is -2.59. The number of hydrogen-bond acceptors (Lipinski definition) is 5. The van der Waals surface area contributed by atoms with Gasteiger partial charge in [-0.15, -0.1) is 0 Å². The largest absolute Gasteiger partial charge is 0.446 e. The number of benzene rings is 1. The third kappa shape index (κ3) is 8.81. The molecule has 1 N–H and O–H groups in total. The van der Waals surface area contributed by atoms with Crippen LogP contribution < -0.4 is 5.32 Å². The van der Waals surface area contributed by atoms with Crippen LogP contribution in [-0.2, 0) is 14.4 Å². The molecule has 6 heteroatoms. The number of imide groups is 1. The summed E-state index contributed by atoms with van der Waals surface area (Å²) in [7, 11) is 0. The Kier molecular flexibility index (Phi) is 13.3. The molecule has 5 atom stereocenters. The van der Waals surface area contributed by atoms with Gasteiger partial charge in [-0.25, -0.2) is 4.79 Å². The van der Waals surface area contributed by atoms with Gasteiger partial charge >= 0.3 is 6.09 Å². The molecule has 1 fully saturated rings. The fourth-order valence-corrected chi connectivity index (χ4v) is 5.75. The minimum absolute atomic E-state index is 0.0173. The molecule has 0 radical (unpaired) electrons. The van der Waals surface area contributed by atoms with Crippen LogP contribution >= 0.6 is 0 Å². The Morgan fingerprint density at radius 3 is 2.16 bits per heavy atom. The molecule has 38 heavy (non-hydrogen) atoms. The van der Waals surface area contributed by atoms with Crippen LogP contribution in [0, 0.1) is 5.92 Å². The number of hydroxylamine groups is 2. The van der Waals surface area contributed by atoms with E-state index < -0.39 is 6.09 Å². The molecule has 0 aliphatic carbocycles. The van der Waals surface area contributed by atoms with E-state index in [2.05, 4.69) is 71.0 Å². The van der Waals surface area contributed by atoms with Crippen molar-refractivity contribution in [1.29, 1.82) is 0 Å². The topological polar surface area (TPSA) is 67.9 Å². The Morgan fingerprint density at radius 1 is 0.974 bits per heavy atom. The van der Waals surface area contributed by atoms with Gasteiger partial charge in [-0.05, 0) is 45.6 Å². The summed E-state index contributed by atoms with van der Waals surface area (Å²) in [5, 5.41) is 4.67. The van der Waals surface area contributed by atoms with Gasteiger partial charge in [0.15, 0.2) is 0 Å². The number of rotatable bonds is 15. The summed E-state index contributed by atoms with van der Waals surface area (Å²) >= 11 is 0. The SMILES string of the molecule is CCCCCCCCCCC(=O)NC(=O)OC1CC(C)(CC)N(OC(C)c2ccccc2)C(C)(CC)C1C.